The molecule has 1 aromatic heterocycles. The van der Waals surface area contributed by atoms with Crippen molar-refractivity contribution in [3.05, 3.63) is 46.8 Å². The Morgan fingerprint density at radius 1 is 1.25 bits per heavy atom. The molecule has 7 nitrogen and oxygen atoms in total. The smallest absolute Gasteiger partial charge is 0.340 e. The van der Waals surface area contributed by atoms with Gasteiger partial charge in [0.25, 0.3) is 5.91 Å². The predicted octanol–water partition coefficient (Wildman–Crippen LogP) is 3.20. The highest BCUT2D eigenvalue weighted by Crippen LogP contribution is 2.38. The summed E-state index contributed by atoms with van der Waals surface area (Å²) in [5, 5.41) is 2.67. The number of fused-ring (bicyclic) bond motifs is 1. The topological polar surface area (TPSA) is 86.6 Å². The monoisotopic (exact) mass is 382 g/mol. The van der Waals surface area contributed by atoms with Crippen molar-refractivity contribution in [3.63, 3.8) is 0 Å². The van der Waals surface area contributed by atoms with Gasteiger partial charge in [0.05, 0.1) is 11.3 Å². The van der Waals surface area contributed by atoms with Crippen LogP contribution >= 0.6 is 0 Å². The molecule has 2 aromatic rings. The van der Waals surface area contributed by atoms with Crippen molar-refractivity contribution in [1.82, 2.24) is 4.57 Å². The van der Waals surface area contributed by atoms with Crippen molar-refractivity contribution in [1.29, 1.82) is 0 Å². The average Bonchev–Trinajstić information content (AvgIpc) is 3.44. The van der Waals surface area contributed by atoms with E-state index in [0.717, 1.165) is 24.2 Å². The van der Waals surface area contributed by atoms with E-state index in [9.17, 15) is 14.4 Å². The number of hydrogen-bond donors (Lipinski definition) is 1. The van der Waals surface area contributed by atoms with Crippen LogP contribution in [0.3, 0.4) is 0 Å². The van der Waals surface area contributed by atoms with Gasteiger partial charge in [-0.05, 0) is 57.9 Å². The number of ether oxygens (including phenoxy) is 2. The number of anilines is 1. The Hall–Kier alpha value is -3.09. The van der Waals surface area contributed by atoms with Gasteiger partial charge in [-0.2, -0.15) is 0 Å². The minimum absolute atomic E-state index is 0.0480. The predicted molar refractivity (Wildman–Crippen MR) is 102 cm³/mol. The van der Waals surface area contributed by atoms with Crippen LogP contribution in [0.2, 0.25) is 0 Å². The SMILES string of the molecule is Cc1cc(C(=O)OC(C)C(=O)c2ccc3c(c2)NC(=O)CO3)c(C)n1C1CC1. The molecule has 4 rings (SSSR count). The first-order valence-corrected chi connectivity index (χ1v) is 9.35. The first-order chi connectivity index (χ1) is 13.3. The average molecular weight is 382 g/mol. The van der Waals surface area contributed by atoms with E-state index in [0.29, 0.717) is 28.6 Å². The number of esters is 1. The Labute approximate surface area is 162 Å². The first-order valence-electron chi connectivity index (χ1n) is 9.35. The molecule has 28 heavy (non-hydrogen) atoms. The number of amides is 1. The summed E-state index contributed by atoms with van der Waals surface area (Å²) in [5.41, 5.74) is 3.17. The van der Waals surface area contributed by atoms with Crippen LogP contribution < -0.4 is 10.1 Å². The number of Topliss-reactive ketones (excluding diaryl/α,β-unsaturated/α-hetero) is 1. The van der Waals surface area contributed by atoms with E-state index in [1.807, 2.05) is 19.9 Å². The zero-order chi connectivity index (χ0) is 20.0. The van der Waals surface area contributed by atoms with Gasteiger partial charge in [0, 0.05) is 23.0 Å². The molecule has 1 aliphatic heterocycles. The summed E-state index contributed by atoms with van der Waals surface area (Å²) in [4.78, 5) is 36.8. The third kappa shape index (κ3) is 3.28. The summed E-state index contributed by atoms with van der Waals surface area (Å²) in [5.74, 6) is -0.613. The van der Waals surface area contributed by atoms with Crippen molar-refractivity contribution in [3.8, 4) is 5.75 Å². The number of carbonyl (C=O) groups is 3. The fraction of sp³-hybridized carbons (Fsp3) is 0.381. The van der Waals surface area contributed by atoms with Gasteiger partial charge in [0.2, 0.25) is 5.78 Å². The number of rotatable bonds is 5. The van der Waals surface area contributed by atoms with Crippen molar-refractivity contribution in [2.45, 2.75) is 45.8 Å². The lowest BCUT2D eigenvalue weighted by atomic mass is 10.1. The molecular weight excluding hydrogens is 360 g/mol. The van der Waals surface area contributed by atoms with Crippen LogP contribution in [0.4, 0.5) is 5.69 Å². The van der Waals surface area contributed by atoms with E-state index in [1.165, 1.54) is 6.07 Å². The van der Waals surface area contributed by atoms with E-state index in [-0.39, 0.29) is 18.3 Å². The molecule has 0 saturated heterocycles. The summed E-state index contributed by atoms with van der Waals surface area (Å²) in [6.07, 6.45) is 1.30. The van der Waals surface area contributed by atoms with Gasteiger partial charge < -0.3 is 19.4 Å². The Morgan fingerprint density at radius 2 is 2.00 bits per heavy atom. The second-order valence-corrected chi connectivity index (χ2v) is 7.35. The Bertz CT molecular complexity index is 987. The van der Waals surface area contributed by atoms with Gasteiger partial charge in [-0.3, -0.25) is 9.59 Å². The van der Waals surface area contributed by atoms with Gasteiger partial charge in [-0.1, -0.05) is 0 Å². The summed E-state index contributed by atoms with van der Waals surface area (Å²) in [7, 11) is 0. The van der Waals surface area contributed by atoms with Crippen LogP contribution in [0.25, 0.3) is 0 Å². The molecule has 0 spiro atoms. The highest BCUT2D eigenvalue weighted by atomic mass is 16.5. The van der Waals surface area contributed by atoms with Gasteiger partial charge in [0.15, 0.2) is 12.7 Å². The molecular formula is C21H22N2O5. The number of aryl methyl sites for hydroxylation is 1. The fourth-order valence-corrected chi connectivity index (χ4v) is 3.63. The number of nitrogens with one attached hydrogen (secondary N) is 1. The molecule has 0 radical (unpaired) electrons. The van der Waals surface area contributed by atoms with Crippen LogP contribution in [0, 0.1) is 13.8 Å². The van der Waals surface area contributed by atoms with Crippen LogP contribution in [-0.2, 0) is 9.53 Å². The normalized spacial score (nSPS) is 16.6. The van der Waals surface area contributed by atoms with E-state index in [1.54, 1.807) is 19.1 Å². The van der Waals surface area contributed by atoms with Crippen LogP contribution in [-0.4, -0.2) is 34.9 Å². The zero-order valence-corrected chi connectivity index (χ0v) is 16.1. The minimum Gasteiger partial charge on any atom is -0.482 e. The highest BCUT2D eigenvalue weighted by Gasteiger charge is 2.30. The van der Waals surface area contributed by atoms with Crippen molar-refractivity contribution in [2.24, 2.45) is 0 Å². The van der Waals surface area contributed by atoms with Crippen LogP contribution in [0.15, 0.2) is 24.3 Å². The number of aromatic nitrogens is 1. The van der Waals surface area contributed by atoms with Gasteiger partial charge in [-0.15, -0.1) is 0 Å². The summed E-state index contributed by atoms with van der Waals surface area (Å²) in [6, 6.07) is 7.05. The molecule has 1 amide bonds. The zero-order valence-electron chi connectivity index (χ0n) is 16.1. The van der Waals surface area contributed by atoms with E-state index >= 15 is 0 Å². The molecule has 1 fully saturated rings. The molecule has 1 N–H and O–H groups in total. The molecule has 2 heterocycles. The summed E-state index contributed by atoms with van der Waals surface area (Å²) < 4.78 is 12.9. The lowest BCUT2D eigenvalue weighted by Crippen LogP contribution is -2.27. The quantitative estimate of drug-likeness (QED) is 0.634. The second-order valence-electron chi connectivity index (χ2n) is 7.35. The van der Waals surface area contributed by atoms with Crippen molar-refractivity contribution in [2.75, 3.05) is 11.9 Å². The lowest BCUT2D eigenvalue weighted by Gasteiger charge is -2.19. The Balaban J connectivity index is 1.49. The molecule has 1 atom stereocenters. The second kappa shape index (κ2) is 6.82. The highest BCUT2D eigenvalue weighted by molar-refractivity contribution is 6.04. The van der Waals surface area contributed by atoms with Gasteiger partial charge in [-0.25, -0.2) is 4.79 Å². The van der Waals surface area contributed by atoms with Crippen LogP contribution in [0.1, 0.15) is 57.9 Å². The lowest BCUT2D eigenvalue weighted by molar-refractivity contribution is -0.118. The molecule has 1 unspecified atom stereocenters. The van der Waals surface area contributed by atoms with E-state index in [4.69, 9.17) is 9.47 Å². The Morgan fingerprint density at radius 3 is 2.71 bits per heavy atom. The number of hydrogen-bond acceptors (Lipinski definition) is 5. The molecule has 0 bridgehead atoms. The molecule has 146 valence electrons. The van der Waals surface area contributed by atoms with Crippen molar-refractivity contribution >= 4 is 23.3 Å². The van der Waals surface area contributed by atoms with Crippen LogP contribution in [0.5, 0.6) is 5.75 Å². The number of nitrogens with zero attached hydrogens (tertiary/aromatic N) is 1. The molecule has 1 aliphatic carbocycles. The van der Waals surface area contributed by atoms with E-state index < -0.39 is 12.1 Å². The minimum atomic E-state index is -0.949. The molecule has 7 heteroatoms. The van der Waals surface area contributed by atoms with E-state index in [2.05, 4.69) is 9.88 Å². The first kappa shape index (κ1) is 18.3. The van der Waals surface area contributed by atoms with Crippen molar-refractivity contribution < 1.29 is 23.9 Å². The molecule has 1 saturated carbocycles. The standard InChI is InChI=1S/C21H22N2O5/c1-11-8-16(12(2)23(11)15-5-6-15)21(26)28-13(3)20(25)14-4-7-18-17(9-14)22-19(24)10-27-18/h4,7-9,13,15H,5-6,10H2,1-3H3,(H,22,24). The maximum absolute atomic E-state index is 12.7. The third-order valence-corrected chi connectivity index (χ3v) is 5.17. The summed E-state index contributed by atoms with van der Waals surface area (Å²) in [6.45, 7) is 5.38. The Kier molecular flexibility index (Phi) is 4.45. The molecule has 2 aliphatic rings. The maximum atomic E-state index is 12.7. The number of ketones is 1. The summed E-state index contributed by atoms with van der Waals surface area (Å²) >= 11 is 0. The number of carbonyl (C=O) groups excluding carboxylic acids is 3. The fourth-order valence-electron chi connectivity index (χ4n) is 3.63. The van der Waals surface area contributed by atoms with Gasteiger partial charge in [0.1, 0.15) is 5.75 Å². The maximum Gasteiger partial charge on any atom is 0.340 e. The molecule has 1 aromatic carbocycles. The largest absolute Gasteiger partial charge is 0.482 e. The third-order valence-electron chi connectivity index (χ3n) is 5.17. The van der Waals surface area contributed by atoms with Gasteiger partial charge >= 0.3 is 5.97 Å². The number of benzene rings is 1.